The molecule has 0 spiro atoms. The highest BCUT2D eigenvalue weighted by atomic mass is 19.3. The van der Waals surface area contributed by atoms with Crippen LogP contribution in [0.1, 0.15) is 26.0 Å². The van der Waals surface area contributed by atoms with Crippen molar-refractivity contribution in [2.75, 3.05) is 55.1 Å². The fraction of sp³-hybridized carbons (Fsp3) is 0.611. The largest absolute Gasteiger partial charge is 0.377 e. The molecule has 2 aliphatic rings. The van der Waals surface area contributed by atoms with E-state index >= 15 is 0 Å². The van der Waals surface area contributed by atoms with Crippen LogP contribution in [0, 0.1) is 0 Å². The highest BCUT2D eigenvalue weighted by molar-refractivity contribution is 5.61. The molecule has 10 nitrogen and oxygen atoms in total. The zero-order chi connectivity index (χ0) is 21.3. The van der Waals surface area contributed by atoms with Crippen molar-refractivity contribution in [2.45, 2.75) is 32.4 Å². The monoisotopic (exact) mass is 422 g/mol. The van der Waals surface area contributed by atoms with E-state index in [2.05, 4.69) is 24.9 Å². The zero-order valence-corrected chi connectivity index (χ0v) is 16.8. The molecule has 30 heavy (non-hydrogen) atoms. The van der Waals surface area contributed by atoms with Crippen molar-refractivity contribution in [2.24, 2.45) is 0 Å². The number of nitrogen functional groups attached to an aromatic ring is 1. The number of nitrogens with zero attached hydrogens (tertiary/aromatic N) is 7. The Labute approximate surface area is 172 Å². The lowest BCUT2D eigenvalue weighted by Crippen LogP contribution is -2.46. The molecule has 4 heterocycles. The molecule has 4 rings (SSSR count). The normalized spacial score (nSPS) is 22.6. The summed E-state index contributed by atoms with van der Waals surface area (Å²) < 4.78 is 38.3. The van der Waals surface area contributed by atoms with Crippen molar-refractivity contribution in [1.29, 1.82) is 0 Å². The molecule has 0 saturated carbocycles. The van der Waals surface area contributed by atoms with Gasteiger partial charge in [0.1, 0.15) is 5.69 Å². The maximum absolute atomic E-state index is 13.7. The number of ether oxygens (including phenoxy) is 2. The van der Waals surface area contributed by atoms with E-state index in [1.165, 1.54) is 6.20 Å². The molecule has 2 N–H and O–H groups in total. The Morgan fingerprint density at radius 2 is 1.53 bits per heavy atom. The average Bonchev–Trinajstić information content (AvgIpc) is 2.74. The van der Waals surface area contributed by atoms with E-state index in [4.69, 9.17) is 15.2 Å². The number of rotatable bonds is 4. The van der Waals surface area contributed by atoms with Gasteiger partial charge in [0.25, 0.3) is 6.43 Å². The van der Waals surface area contributed by atoms with E-state index in [9.17, 15) is 8.78 Å². The molecule has 162 valence electrons. The number of hydrogen-bond donors (Lipinski definition) is 1. The van der Waals surface area contributed by atoms with Gasteiger partial charge in [0, 0.05) is 19.3 Å². The molecule has 2 saturated heterocycles. The maximum Gasteiger partial charge on any atom is 0.281 e. The molecule has 1 unspecified atom stereocenters. The van der Waals surface area contributed by atoms with Gasteiger partial charge in [-0.05, 0) is 13.8 Å². The summed E-state index contributed by atoms with van der Waals surface area (Å²) in [7, 11) is 0. The first-order chi connectivity index (χ1) is 14.4. The van der Waals surface area contributed by atoms with Gasteiger partial charge < -0.3 is 25.0 Å². The minimum Gasteiger partial charge on any atom is -0.377 e. The number of hydrogen-bond acceptors (Lipinski definition) is 10. The molecule has 0 aliphatic carbocycles. The van der Waals surface area contributed by atoms with Crippen LogP contribution in [0.3, 0.4) is 0 Å². The first-order valence-corrected chi connectivity index (χ1v) is 9.80. The summed E-state index contributed by atoms with van der Waals surface area (Å²) in [5, 5.41) is 0. The summed E-state index contributed by atoms with van der Waals surface area (Å²) in [6, 6.07) is 0.0578. The van der Waals surface area contributed by atoms with E-state index in [1.807, 2.05) is 23.6 Å². The van der Waals surface area contributed by atoms with Gasteiger partial charge in [-0.15, -0.1) is 0 Å². The van der Waals surface area contributed by atoms with Crippen LogP contribution < -0.4 is 15.5 Å². The summed E-state index contributed by atoms with van der Waals surface area (Å²) >= 11 is 0. The molecule has 2 aromatic rings. The second-order valence-electron chi connectivity index (χ2n) is 7.32. The van der Waals surface area contributed by atoms with Crippen LogP contribution in [0.15, 0.2) is 6.20 Å². The summed E-state index contributed by atoms with van der Waals surface area (Å²) in [4.78, 5) is 25.2. The molecule has 2 fully saturated rings. The Balaban J connectivity index is 1.84. The molecule has 12 heteroatoms. The Hall–Kier alpha value is -2.73. The van der Waals surface area contributed by atoms with Crippen molar-refractivity contribution in [1.82, 2.24) is 24.9 Å². The maximum atomic E-state index is 13.7. The van der Waals surface area contributed by atoms with Crippen molar-refractivity contribution < 1.29 is 18.3 Å². The van der Waals surface area contributed by atoms with Gasteiger partial charge in [-0.2, -0.15) is 15.0 Å². The molecule has 0 radical (unpaired) electrons. The molecule has 2 aromatic heterocycles. The van der Waals surface area contributed by atoms with E-state index in [0.717, 1.165) is 0 Å². The van der Waals surface area contributed by atoms with Gasteiger partial charge in [-0.1, -0.05) is 0 Å². The predicted octanol–water partition coefficient (Wildman–Crippen LogP) is 1.30. The fourth-order valence-corrected chi connectivity index (χ4v) is 3.53. The van der Waals surface area contributed by atoms with Gasteiger partial charge in [0.05, 0.1) is 44.1 Å². The number of nitrogens with two attached hydrogens (primary N) is 1. The quantitative estimate of drug-likeness (QED) is 0.773. The molecule has 2 atom stereocenters. The SMILES string of the molecule is CC1COCCN1c1nc(-c2cnc(N)nc2C(F)F)nc(N2CCOC[C@@H]2C)n1. The highest BCUT2D eigenvalue weighted by Crippen LogP contribution is 2.30. The van der Waals surface area contributed by atoms with Crippen molar-refractivity contribution >= 4 is 17.8 Å². The molecule has 2 aliphatic heterocycles. The Morgan fingerprint density at radius 3 is 2.03 bits per heavy atom. The zero-order valence-electron chi connectivity index (χ0n) is 16.8. The number of anilines is 3. The third-order valence-corrected chi connectivity index (χ3v) is 5.15. The summed E-state index contributed by atoms with van der Waals surface area (Å²) in [5.41, 5.74) is 5.05. The van der Waals surface area contributed by atoms with Gasteiger partial charge in [-0.25, -0.2) is 18.7 Å². The molecule has 0 bridgehead atoms. The van der Waals surface area contributed by atoms with E-state index in [0.29, 0.717) is 51.4 Å². The molecule has 0 aromatic carbocycles. The molecular weight excluding hydrogens is 398 g/mol. The minimum atomic E-state index is -2.85. The average molecular weight is 422 g/mol. The lowest BCUT2D eigenvalue weighted by atomic mass is 10.2. The van der Waals surface area contributed by atoms with Gasteiger partial charge >= 0.3 is 0 Å². The third-order valence-electron chi connectivity index (χ3n) is 5.15. The lowest BCUT2D eigenvalue weighted by Gasteiger charge is -2.36. The first-order valence-electron chi connectivity index (χ1n) is 9.80. The Morgan fingerprint density at radius 1 is 0.967 bits per heavy atom. The second kappa shape index (κ2) is 8.56. The minimum absolute atomic E-state index is 0.0289. The summed E-state index contributed by atoms with van der Waals surface area (Å²) in [5.74, 6) is 0.665. The van der Waals surface area contributed by atoms with Crippen LogP contribution in [0.2, 0.25) is 0 Å². The number of alkyl halides is 2. The number of morpholine rings is 2. The van der Waals surface area contributed by atoms with Crippen molar-refractivity contribution in [3.05, 3.63) is 11.9 Å². The number of halogens is 2. The van der Waals surface area contributed by atoms with Crippen molar-refractivity contribution in [3.63, 3.8) is 0 Å². The van der Waals surface area contributed by atoms with Crippen LogP contribution in [0.4, 0.5) is 26.6 Å². The van der Waals surface area contributed by atoms with Crippen LogP contribution in [0.25, 0.3) is 11.4 Å². The third kappa shape index (κ3) is 4.10. The van der Waals surface area contributed by atoms with Crippen LogP contribution in [-0.2, 0) is 9.47 Å². The smallest absolute Gasteiger partial charge is 0.281 e. The van der Waals surface area contributed by atoms with Crippen LogP contribution in [-0.4, -0.2) is 76.5 Å². The van der Waals surface area contributed by atoms with Crippen LogP contribution in [0.5, 0.6) is 0 Å². The molecular formula is C18H24F2N8O2. The van der Waals surface area contributed by atoms with Gasteiger partial charge in [0.15, 0.2) is 5.82 Å². The topological polar surface area (TPSA) is 115 Å². The van der Waals surface area contributed by atoms with E-state index < -0.39 is 12.1 Å². The second-order valence-corrected chi connectivity index (χ2v) is 7.32. The van der Waals surface area contributed by atoms with Crippen LogP contribution >= 0.6 is 0 Å². The van der Waals surface area contributed by atoms with E-state index in [-0.39, 0.29) is 29.4 Å². The predicted molar refractivity (Wildman–Crippen MR) is 105 cm³/mol. The summed E-state index contributed by atoms with van der Waals surface area (Å²) in [6.07, 6.45) is -1.61. The summed E-state index contributed by atoms with van der Waals surface area (Å²) in [6.45, 7) is 7.28. The lowest BCUT2D eigenvalue weighted by molar-refractivity contribution is 0.0969. The van der Waals surface area contributed by atoms with Gasteiger partial charge in [-0.3, -0.25) is 0 Å². The first kappa shape index (κ1) is 20.5. The standard InChI is InChI=1S/C18H24F2N8O2/c1-10-8-29-5-3-27(10)17-24-15(12-7-22-16(21)23-13(12)14(19)20)25-18(26-17)28-4-6-30-9-11(28)2/h7,10-11,14H,3-6,8-9H2,1-2H3,(H2,21,22,23)/t10-,11?/m0/s1. The highest BCUT2D eigenvalue weighted by Gasteiger charge is 2.28. The van der Waals surface area contributed by atoms with Crippen molar-refractivity contribution in [3.8, 4) is 11.4 Å². The molecule has 0 amide bonds. The Bertz CT molecular complexity index is 862. The Kier molecular flexibility index (Phi) is 5.86. The van der Waals surface area contributed by atoms with E-state index in [1.54, 1.807) is 0 Å². The van der Waals surface area contributed by atoms with Gasteiger partial charge in [0.2, 0.25) is 17.8 Å². The fourth-order valence-electron chi connectivity index (χ4n) is 3.53. The number of aromatic nitrogens is 5.